The van der Waals surface area contributed by atoms with E-state index in [-0.39, 0.29) is 6.61 Å². The predicted octanol–water partition coefficient (Wildman–Crippen LogP) is 0.345. The largest absolute Gasteiger partial charge is 0.467 e. The van der Waals surface area contributed by atoms with Gasteiger partial charge in [-0.25, -0.2) is 9.86 Å². The summed E-state index contributed by atoms with van der Waals surface area (Å²) < 4.78 is 9.81. The Hall–Kier alpha value is -1.92. The minimum Gasteiger partial charge on any atom is -0.467 e. The Morgan fingerprint density at radius 3 is 2.67 bits per heavy atom. The van der Waals surface area contributed by atoms with Crippen LogP contribution in [0.2, 0.25) is 0 Å². The topological polar surface area (TPSA) is 76.1 Å². The molecule has 1 aliphatic rings. The molecule has 0 spiro atoms. The summed E-state index contributed by atoms with van der Waals surface area (Å²) in [7, 11) is 1.19. The number of methoxy groups -OCH3 is 1. The molecule has 96 valence electrons. The quantitative estimate of drug-likeness (QED) is 0.474. The fourth-order valence-electron chi connectivity index (χ4n) is 1.72. The van der Waals surface area contributed by atoms with Crippen LogP contribution in [-0.2, 0) is 25.7 Å². The van der Waals surface area contributed by atoms with Crippen LogP contribution in [0.1, 0.15) is 5.56 Å². The molecule has 1 saturated heterocycles. The van der Waals surface area contributed by atoms with Gasteiger partial charge in [0.15, 0.2) is 12.1 Å². The molecule has 2 rings (SSSR count). The van der Waals surface area contributed by atoms with Gasteiger partial charge in [0.2, 0.25) is 0 Å². The van der Waals surface area contributed by atoms with E-state index in [0.29, 0.717) is 5.06 Å². The van der Waals surface area contributed by atoms with Crippen molar-refractivity contribution in [2.24, 2.45) is 0 Å². The fraction of sp³-hybridized carbons (Fsp3) is 0.333. The molecule has 6 heteroatoms. The van der Waals surface area contributed by atoms with Gasteiger partial charge in [-0.15, -0.1) is 0 Å². The highest BCUT2D eigenvalue weighted by Crippen LogP contribution is 2.23. The van der Waals surface area contributed by atoms with Crippen LogP contribution in [0.4, 0.5) is 0 Å². The molecule has 0 radical (unpaired) electrons. The highest BCUT2D eigenvalue weighted by atomic mass is 16.6. The monoisotopic (exact) mass is 251 g/mol. The minimum absolute atomic E-state index is 0.193. The lowest BCUT2D eigenvalue weighted by Gasteiger charge is -2.39. The average molecular weight is 251 g/mol. The molecule has 18 heavy (non-hydrogen) atoms. The van der Waals surface area contributed by atoms with E-state index in [1.54, 1.807) is 0 Å². The van der Waals surface area contributed by atoms with Crippen molar-refractivity contribution in [3.05, 3.63) is 35.9 Å². The highest BCUT2D eigenvalue weighted by Gasteiger charge is 2.53. The van der Waals surface area contributed by atoms with Crippen molar-refractivity contribution in [2.75, 3.05) is 7.11 Å². The summed E-state index contributed by atoms with van der Waals surface area (Å²) in [6.45, 7) is 0.193. The van der Waals surface area contributed by atoms with Gasteiger partial charge in [0, 0.05) is 0 Å². The molecule has 0 unspecified atom stereocenters. The first-order chi connectivity index (χ1) is 8.65. The van der Waals surface area contributed by atoms with Gasteiger partial charge in [-0.2, -0.15) is 0 Å². The van der Waals surface area contributed by atoms with E-state index in [2.05, 4.69) is 4.74 Å². The van der Waals surface area contributed by atoms with Crippen molar-refractivity contribution < 1.29 is 24.3 Å². The molecule has 0 aliphatic carbocycles. The van der Waals surface area contributed by atoms with Crippen LogP contribution in [0.15, 0.2) is 30.3 Å². The third kappa shape index (κ3) is 2.20. The summed E-state index contributed by atoms with van der Waals surface area (Å²) in [5, 5.41) is 9.58. The number of carbonyl (C=O) groups excluding carboxylic acids is 2. The molecule has 1 heterocycles. The Morgan fingerprint density at radius 1 is 1.39 bits per heavy atom. The molecule has 0 aromatic heterocycles. The molecular weight excluding hydrogens is 238 g/mol. The van der Waals surface area contributed by atoms with E-state index < -0.39 is 24.0 Å². The number of amides is 1. The lowest BCUT2D eigenvalue weighted by atomic mass is 10.0. The van der Waals surface area contributed by atoms with E-state index in [1.165, 1.54) is 7.11 Å². The smallest absolute Gasteiger partial charge is 0.334 e. The first-order valence-corrected chi connectivity index (χ1v) is 5.40. The number of esters is 1. The van der Waals surface area contributed by atoms with Crippen molar-refractivity contribution in [1.29, 1.82) is 0 Å². The second kappa shape index (κ2) is 5.16. The van der Waals surface area contributed by atoms with Gasteiger partial charge in [0.1, 0.15) is 0 Å². The number of hydroxylamine groups is 2. The Morgan fingerprint density at radius 2 is 2.06 bits per heavy atom. The Kier molecular flexibility index (Phi) is 3.59. The summed E-state index contributed by atoms with van der Waals surface area (Å²) in [6, 6.07) is 8.16. The van der Waals surface area contributed by atoms with Gasteiger partial charge < -0.3 is 9.47 Å². The normalized spacial score (nSPS) is 22.6. The van der Waals surface area contributed by atoms with Crippen LogP contribution in [0.5, 0.6) is 0 Å². The van der Waals surface area contributed by atoms with Crippen LogP contribution >= 0.6 is 0 Å². The van der Waals surface area contributed by atoms with Gasteiger partial charge in [0.05, 0.1) is 13.7 Å². The lowest BCUT2D eigenvalue weighted by Crippen LogP contribution is -2.67. The maximum absolute atomic E-state index is 11.4. The number of hydrogen-bond donors (Lipinski definition) is 1. The number of hydrogen-bond acceptors (Lipinski definition) is 5. The number of ether oxygens (including phenoxy) is 2. The van der Waals surface area contributed by atoms with Crippen LogP contribution in [0, 0.1) is 0 Å². The maximum atomic E-state index is 11.4. The zero-order valence-corrected chi connectivity index (χ0v) is 9.78. The zero-order valence-electron chi connectivity index (χ0n) is 9.78. The van der Waals surface area contributed by atoms with Crippen LogP contribution in [-0.4, -0.2) is 41.4 Å². The number of benzene rings is 1. The van der Waals surface area contributed by atoms with E-state index in [4.69, 9.17) is 4.74 Å². The Balaban J connectivity index is 1.96. The van der Waals surface area contributed by atoms with Crippen molar-refractivity contribution in [1.82, 2.24) is 5.06 Å². The number of nitrogens with zero attached hydrogens (tertiary/aromatic N) is 1. The SMILES string of the molecule is COC(=O)[C@@H]1[C@@H](OCc2ccccc2)C(=O)N1O. The number of rotatable bonds is 4. The van der Waals surface area contributed by atoms with Crippen molar-refractivity contribution in [3.8, 4) is 0 Å². The summed E-state index contributed by atoms with van der Waals surface area (Å²) in [4.78, 5) is 22.7. The summed E-state index contributed by atoms with van der Waals surface area (Å²) in [5.74, 6) is -1.34. The second-order valence-electron chi connectivity index (χ2n) is 3.87. The van der Waals surface area contributed by atoms with E-state index >= 15 is 0 Å². The van der Waals surface area contributed by atoms with Crippen LogP contribution in [0.25, 0.3) is 0 Å². The molecule has 1 aromatic carbocycles. The Bertz CT molecular complexity index is 447. The third-order valence-electron chi connectivity index (χ3n) is 2.73. The van der Waals surface area contributed by atoms with Crippen molar-refractivity contribution in [2.45, 2.75) is 18.8 Å². The molecule has 1 aromatic rings. The molecule has 6 nitrogen and oxygen atoms in total. The maximum Gasteiger partial charge on any atom is 0.334 e. The van der Waals surface area contributed by atoms with E-state index in [0.717, 1.165) is 5.56 Å². The van der Waals surface area contributed by atoms with Gasteiger partial charge in [-0.3, -0.25) is 10.0 Å². The third-order valence-corrected chi connectivity index (χ3v) is 2.73. The standard InChI is InChI=1S/C12H13NO5/c1-17-12(15)9-10(11(14)13(9)16)18-7-8-5-3-2-4-6-8/h2-6,9-10,16H,7H2,1H3/t9-,10+/m0/s1. The van der Waals surface area contributed by atoms with Crippen LogP contribution < -0.4 is 0 Å². The van der Waals surface area contributed by atoms with Crippen molar-refractivity contribution >= 4 is 11.9 Å². The highest BCUT2D eigenvalue weighted by molar-refractivity contribution is 5.98. The van der Waals surface area contributed by atoms with Gasteiger partial charge in [-0.1, -0.05) is 30.3 Å². The summed E-state index contributed by atoms with van der Waals surface area (Å²) >= 11 is 0. The molecule has 1 amide bonds. The van der Waals surface area contributed by atoms with Crippen LogP contribution in [0.3, 0.4) is 0 Å². The molecule has 0 bridgehead atoms. The molecule has 1 fully saturated rings. The summed E-state index contributed by atoms with van der Waals surface area (Å²) in [5.41, 5.74) is 0.880. The first-order valence-electron chi connectivity index (χ1n) is 5.40. The molecular formula is C12H13NO5. The lowest BCUT2D eigenvalue weighted by molar-refractivity contribution is -0.242. The minimum atomic E-state index is -1.08. The molecule has 1 aliphatic heterocycles. The van der Waals surface area contributed by atoms with E-state index in [9.17, 15) is 14.8 Å². The van der Waals surface area contributed by atoms with Gasteiger partial charge in [-0.05, 0) is 5.56 Å². The van der Waals surface area contributed by atoms with Gasteiger partial charge in [0.25, 0.3) is 5.91 Å². The van der Waals surface area contributed by atoms with E-state index in [1.807, 2.05) is 30.3 Å². The zero-order chi connectivity index (χ0) is 13.1. The Labute approximate surface area is 104 Å². The number of β-lactam (4-membered cyclic amide) rings is 1. The second-order valence-corrected chi connectivity index (χ2v) is 3.87. The molecule has 0 saturated carbocycles. The number of carbonyl (C=O) groups is 2. The molecule has 1 N–H and O–H groups in total. The predicted molar refractivity (Wildman–Crippen MR) is 59.5 cm³/mol. The fourth-order valence-corrected chi connectivity index (χ4v) is 1.72. The summed E-state index contributed by atoms with van der Waals surface area (Å²) in [6.07, 6.45) is -0.984. The first kappa shape index (κ1) is 12.5. The average Bonchev–Trinajstić information content (AvgIpc) is 2.42. The van der Waals surface area contributed by atoms with Crippen molar-refractivity contribution in [3.63, 3.8) is 0 Å². The van der Waals surface area contributed by atoms with Gasteiger partial charge >= 0.3 is 5.97 Å². The molecule has 2 atom stereocenters.